The minimum Gasteiger partial charge on any atom is -0.478 e. The summed E-state index contributed by atoms with van der Waals surface area (Å²) in [5.74, 6) is -0.979. The lowest BCUT2D eigenvalue weighted by molar-refractivity contribution is -0.142. The fourth-order valence-corrected chi connectivity index (χ4v) is 3.44. The number of hydrogen-bond acceptors (Lipinski definition) is 3. The van der Waals surface area contributed by atoms with Gasteiger partial charge < -0.3 is 10.0 Å². The number of rotatable bonds is 5. The SMILES string of the molecule is O=C(O)c1ccccc1CC1CCN(C(=O)Cn2ccc(C(F)(F)F)n2)CC1. The fourth-order valence-electron chi connectivity index (χ4n) is 3.44. The summed E-state index contributed by atoms with van der Waals surface area (Å²) in [7, 11) is 0. The van der Waals surface area contributed by atoms with Crippen LogP contribution in [0.25, 0.3) is 0 Å². The molecule has 1 aromatic carbocycles. The van der Waals surface area contributed by atoms with E-state index in [9.17, 15) is 27.9 Å². The smallest absolute Gasteiger partial charge is 0.435 e. The highest BCUT2D eigenvalue weighted by Crippen LogP contribution is 2.27. The van der Waals surface area contributed by atoms with Crippen molar-refractivity contribution in [1.29, 1.82) is 0 Å². The number of carbonyl (C=O) groups excluding carboxylic acids is 1. The predicted octanol–water partition coefficient (Wildman–Crippen LogP) is 3.08. The first kappa shape index (κ1) is 19.9. The molecular weight excluding hydrogens is 375 g/mol. The molecule has 0 atom stereocenters. The second-order valence-electron chi connectivity index (χ2n) is 6.89. The average Bonchev–Trinajstić information content (AvgIpc) is 3.11. The number of hydrogen-bond donors (Lipinski definition) is 1. The predicted molar refractivity (Wildman–Crippen MR) is 93.6 cm³/mol. The number of likely N-dealkylation sites (tertiary alicyclic amines) is 1. The molecule has 9 heteroatoms. The van der Waals surface area contributed by atoms with Gasteiger partial charge in [0.2, 0.25) is 5.91 Å². The van der Waals surface area contributed by atoms with Crippen molar-refractivity contribution in [3.05, 3.63) is 53.3 Å². The summed E-state index contributed by atoms with van der Waals surface area (Å²) in [6.07, 6.45) is -1.33. The zero-order valence-corrected chi connectivity index (χ0v) is 15.0. The molecule has 6 nitrogen and oxygen atoms in total. The van der Waals surface area contributed by atoms with Crippen LogP contribution in [0.5, 0.6) is 0 Å². The minimum atomic E-state index is -4.53. The Morgan fingerprint density at radius 1 is 1.14 bits per heavy atom. The van der Waals surface area contributed by atoms with E-state index in [1.54, 1.807) is 29.2 Å². The van der Waals surface area contributed by atoms with Crippen molar-refractivity contribution < 1.29 is 27.9 Å². The zero-order valence-electron chi connectivity index (χ0n) is 15.0. The molecule has 1 N–H and O–H groups in total. The number of benzene rings is 1. The molecule has 1 saturated heterocycles. The van der Waals surface area contributed by atoms with Crippen LogP contribution in [0, 0.1) is 5.92 Å². The highest BCUT2D eigenvalue weighted by Gasteiger charge is 2.34. The monoisotopic (exact) mass is 395 g/mol. The van der Waals surface area contributed by atoms with Crippen molar-refractivity contribution in [2.75, 3.05) is 13.1 Å². The number of amides is 1. The van der Waals surface area contributed by atoms with Crippen LogP contribution in [0.1, 0.15) is 34.5 Å². The number of carboxylic acids is 1. The summed E-state index contributed by atoms with van der Waals surface area (Å²) < 4.78 is 38.8. The van der Waals surface area contributed by atoms with Crippen molar-refractivity contribution in [1.82, 2.24) is 14.7 Å². The normalized spacial score (nSPS) is 15.6. The van der Waals surface area contributed by atoms with Gasteiger partial charge in [0.1, 0.15) is 6.54 Å². The van der Waals surface area contributed by atoms with Crippen LogP contribution in [0.2, 0.25) is 0 Å². The van der Waals surface area contributed by atoms with E-state index in [1.165, 1.54) is 0 Å². The van der Waals surface area contributed by atoms with Crippen molar-refractivity contribution in [3.63, 3.8) is 0 Å². The lowest BCUT2D eigenvalue weighted by Crippen LogP contribution is -2.40. The first-order valence-electron chi connectivity index (χ1n) is 8.93. The van der Waals surface area contributed by atoms with Crippen LogP contribution < -0.4 is 0 Å². The van der Waals surface area contributed by atoms with E-state index in [0.717, 1.165) is 22.5 Å². The van der Waals surface area contributed by atoms with Gasteiger partial charge in [0, 0.05) is 19.3 Å². The largest absolute Gasteiger partial charge is 0.478 e. The summed E-state index contributed by atoms with van der Waals surface area (Å²) in [4.78, 5) is 25.3. The molecule has 0 aliphatic carbocycles. The van der Waals surface area contributed by atoms with E-state index in [1.807, 2.05) is 0 Å². The molecule has 0 spiro atoms. The Labute approximate surface area is 159 Å². The van der Waals surface area contributed by atoms with Gasteiger partial charge in [0.15, 0.2) is 5.69 Å². The summed E-state index contributed by atoms with van der Waals surface area (Å²) in [5.41, 5.74) is 0.0484. The van der Waals surface area contributed by atoms with Crippen LogP contribution in [-0.2, 0) is 23.9 Å². The van der Waals surface area contributed by atoms with Crippen molar-refractivity contribution >= 4 is 11.9 Å². The molecule has 2 aromatic rings. The van der Waals surface area contributed by atoms with Gasteiger partial charge in [-0.05, 0) is 42.9 Å². The number of carboxylic acid groups (broad SMARTS) is 1. The number of aromatic nitrogens is 2. The van der Waals surface area contributed by atoms with Crippen LogP contribution in [0.3, 0.4) is 0 Å². The maximum atomic E-state index is 12.6. The number of halogens is 3. The maximum Gasteiger partial charge on any atom is 0.435 e. The van der Waals surface area contributed by atoms with E-state index in [4.69, 9.17) is 0 Å². The summed E-state index contributed by atoms with van der Waals surface area (Å²) >= 11 is 0. The zero-order chi connectivity index (χ0) is 20.3. The maximum absolute atomic E-state index is 12.6. The summed E-state index contributed by atoms with van der Waals surface area (Å²) in [5, 5.41) is 12.7. The highest BCUT2D eigenvalue weighted by molar-refractivity contribution is 5.89. The van der Waals surface area contributed by atoms with Gasteiger partial charge in [-0.1, -0.05) is 18.2 Å². The van der Waals surface area contributed by atoms with Gasteiger partial charge in [-0.3, -0.25) is 9.48 Å². The molecule has 0 bridgehead atoms. The van der Waals surface area contributed by atoms with Gasteiger partial charge in [-0.25, -0.2) is 4.79 Å². The van der Waals surface area contributed by atoms with E-state index in [2.05, 4.69) is 5.10 Å². The Morgan fingerprint density at radius 2 is 1.82 bits per heavy atom. The Morgan fingerprint density at radius 3 is 2.43 bits per heavy atom. The van der Waals surface area contributed by atoms with E-state index in [0.29, 0.717) is 37.9 Å². The molecule has 0 saturated carbocycles. The molecule has 1 aliphatic rings. The number of piperidine rings is 1. The highest BCUT2D eigenvalue weighted by atomic mass is 19.4. The summed E-state index contributed by atoms with van der Waals surface area (Å²) in [6.45, 7) is 0.751. The van der Waals surface area contributed by atoms with Gasteiger partial charge in [-0.15, -0.1) is 0 Å². The van der Waals surface area contributed by atoms with E-state index >= 15 is 0 Å². The molecule has 28 heavy (non-hydrogen) atoms. The molecule has 3 rings (SSSR count). The Bertz CT molecular complexity index is 855. The Hall–Kier alpha value is -2.84. The first-order chi connectivity index (χ1) is 13.2. The van der Waals surface area contributed by atoms with Crippen LogP contribution >= 0.6 is 0 Å². The van der Waals surface area contributed by atoms with Crippen molar-refractivity contribution in [2.24, 2.45) is 5.92 Å². The molecule has 2 heterocycles. The van der Waals surface area contributed by atoms with E-state index in [-0.39, 0.29) is 18.4 Å². The van der Waals surface area contributed by atoms with Gasteiger partial charge in [0.05, 0.1) is 5.56 Å². The minimum absolute atomic E-state index is 0.234. The molecule has 1 aromatic heterocycles. The number of aromatic carboxylic acids is 1. The van der Waals surface area contributed by atoms with E-state index < -0.39 is 17.8 Å². The first-order valence-corrected chi connectivity index (χ1v) is 8.93. The Kier molecular flexibility index (Phi) is 5.71. The third-order valence-electron chi connectivity index (χ3n) is 4.95. The van der Waals surface area contributed by atoms with Crippen LogP contribution in [0.4, 0.5) is 13.2 Å². The third kappa shape index (κ3) is 4.71. The lowest BCUT2D eigenvalue weighted by atomic mass is 9.88. The Balaban J connectivity index is 1.53. The number of alkyl halides is 3. The molecule has 0 radical (unpaired) electrons. The number of carbonyl (C=O) groups is 2. The van der Waals surface area contributed by atoms with Gasteiger partial charge in [-0.2, -0.15) is 18.3 Å². The average molecular weight is 395 g/mol. The fraction of sp³-hybridized carbons (Fsp3) is 0.421. The number of nitrogens with zero attached hydrogens (tertiary/aromatic N) is 3. The molecular formula is C19H20F3N3O3. The molecule has 150 valence electrons. The molecule has 1 aliphatic heterocycles. The molecule has 0 unspecified atom stereocenters. The summed E-state index contributed by atoms with van der Waals surface area (Å²) in [6, 6.07) is 7.72. The van der Waals surface area contributed by atoms with Crippen LogP contribution in [0.15, 0.2) is 36.5 Å². The third-order valence-corrected chi connectivity index (χ3v) is 4.95. The van der Waals surface area contributed by atoms with Crippen molar-refractivity contribution in [3.8, 4) is 0 Å². The molecule has 1 fully saturated rings. The second-order valence-corrected chi connectivity index (χ2v) is 6.89. The second kappa shape index (κ2) is 8.04. The van der Waals surface area contributed by atoms with Crippen LogP contribution in [-0.4, -0.2) is 44.8 Å². The van der Waals surface area contributed by atoms with Gasteiger partial charge >= 0.3 is 12.1 Å². The van der Waals surface area contributed by atoms with Gasteiger partial charge in [0.25, 0.3) is 0 Å². The standard InChI is InChI=1S/C19H20F3N3O3/c20-19(21,22)16-7-10-25(23-16)12-17(26)24-8-5-13(6-9-24)11-14-3-1-2-4-15(14)18(27)28/h1-4,7,10,13H,5-6,8-9,11-12H2,(H,27,28). The quantitative estimate of drug-likeness (QED) is 0.844. The molecule has 1 amide bonds. The topological polar surface area (TPSA) is 75.4 Å². The van der Waals surface area contributed by atoms with Crippen molar-refractivity contribution in [2.45, 2.75) is 32.0 Å². The lowest BCUT2D eigenvalue weighted by Gasteiger charge is -2.32.